The van der Waals surface area contributed by atoms with Gasteiger partial charge in [0.15, 0.2) is 23.0 Å². The first kappa shape index (κ1) is 20.7. The van der Waals surface area contributed by atoms with Crippen molar-refractivity contribution in [2.75, 3.05) is 34.2 Å². The number of hydrogen-bond acceptors (Lipinski definition) is 6. The van der Waals surface area contributed by atoms with Crippen LogP contribution < -0.4 is 24.7 Å². The van der Waals surface area contributed by atoms with Gasteiger partial charge in [0, 0.05) is 22.5 Å². The molecule has 0 atom stereocenters. The number of aromatic nitrogens is 1. The number of nitrogen functional groups attached to an aromatic ring is 1. The van der Waals surface area contributed by atoms with Gasteiger partial charge >= 0.3 is 0 Å². The van der Waals surface area contributed by atoms with Gasteiger partial charge < -0.3 is 24.7 Å². The zero-order valence-corrected chi connectivity index (χ0v) is 18.9. The molecule has 0 spiro atoms. The van der Waals surface area contributed by atoms with E-state index in [1.165, 1.54) is 0 Å². The largest absolute Gasteiger partial charge is 0.493 e. The summed E-state index contributed by atoms with van der Waals surface area (Å²) in [5, 5.41) is 5.59. The van der Waals surface area contributed by atoms with Gasteiger partial charge in [0.25, 0.3) is 0 Å². The third-order valence-corrected chi connectivity index (χ3v) is 6.08. The van der Waals surface area contributed by atoms with Gasteiger partial charge in [-0.2, -0.15) is 0 Å². The second-order valence-corrected chi connectivity index (χ2v) is 7.65. The molecule has 6 nitrogen and oxygen atoms in total. The summed E-state index contributed by atoms with van der Waals surface area (Å²) in [7, 11) is 6.50. The van der Waals surface area contributed by atoms with Crippen molar-refractivity contribution in [3.63, 3.8) is 0 Å². The van der Waals surface area contributed by atoms with Gasteiger partial charge in [-0.25, -0.2) is 0 Å². The Labute approximate surface area is 191 Å². The lowest BCUT2D eigenvalue weighted by atomic mass is 9.90. The van der Waals surface area contributed by atoms with Gasteiger partial charge in [-0.15, -0.1) is 0 Å². The van der Waals surface area contributed by atoms with Crippen molar-refractivity contribution in [2.24, 2.45) is 0 Å². The molecule has 0 unspecified atom stereocenters. The Morgan fingerprint density at radius 3 is 2.06 bits per heavy atom. The monoisotopic (exact) mass is 440 g/mol. The fourth-order valence-electron chi connectivity index (χ4n) is 4.57. The lowest BCUT2D eigenvalue weighted by Gasteiger charge is -2.19. The Morgan fingerprint density at radius 2 is 1.36 bits per heavy atom. The summed E-state index contributed by atoms with van der Waals surface area (Å²) < 4.78 is 22.4. The summed E-state index contributed by atoms with van der Waals surface area (Å²) in [6.07, 6.45) is 1.81. The highest BCUT2D eigenvalue weighted by Crippen LogP contribution is 2.48. The van der Waals surface area contributed by atoms with Crippen LogP contribution >= 0.6 is 0 Å². The maximum atomic E-state index is 6.71. The number of rotatable bonds is 5. The van der Waals surface area contributed by atoms with Crippen LogP contribution in [-0.4, -0.2) is 33.4 Å². The van der Waals surface area contributed by atoms with Crippen LogP contribution in [0.3, 0.4) is 0 Å². The Balaban J connectivity index is 2.00. The molecule has 0 bridgehead atoms. The quantitative estimate of drug-likeness (QED) is 0.274. The minimum Gasteiger partial charge on any atom is -0.493 e. The van der Waals surface area contributed by atoms with Crippen LogP contribution in [0.2, 0.25) is 0 Å². The van der Waals surface area contributed by atoms with E-state index >= 15 is 0 Å². The van der Waals surface area contributed by atoms with Crippen molar-refractivity contribution in [3.05, 3.63) is 60.8 Å². The second kappa shape index (κ2) is 8.06. The van der Waals surface area contributed by atoms with Crippen LogP contribution in [-0.2, 0) is 0 Å². The van der Waals surface area contributed by atoms with Crippen molar-refractivity contribution in [3.8, 4) is 34.3 Å². The number of methoxy groups -OCH3 is 4. The predicted octanol–water partition coefficient (Wildman–Crippen LogP) is 5.82. The summed E-state index contributed by atoms with van der Waals surface area (Å²) in [4.78, 5) is 4.83. The van der Waals surface area contributed by atoms with E-state index in [0.29, 0.717) is 28.7 Å². The molecule has 2 N–H and O–H groups in total. The lowest BCUT2D eigenvalue weighted by molar-refractivity contribution is 0.356. The van der Waals surface area contributed by atoms with Crippen LogP contribution in [0.1, 0.15) is 0 Å². The Bertz CT molecular complexity index is 1530. The molecule has 0 saturated carbocycles. The molecule has 1 heterocycles. The highest BCUT2D eigenvalue weighted by molar-refractivity contribution is 6.23. The number of hydrogen-bond donors (Lipinski definition) is 1. The molecule has 0 fully saturated rings. The molecular formula is C27H24N2O4. The summed E-state index contributed by atoms with van der Waals surface area (Å²) in [5.41, 5.74) is 9.13. The molecule has 1 aromatic heterocycles. The molecule has 0 radical (unpaired) electrons. The SMILES string of the molecule is COc1cc2ccnc(-c3c4ccccc4c(N)c4c(OC)c(OC)ccc34)c2cc1OC. The smallest absolute Gasteiger partial charge is 0.170 e. The summed E-state index contributed by atoms with van der Waals surface area (Å²) >= 11 is 0. The van der Waals surface area contributed by atoms with E-state index in [1.807, 2.05) is 48.5 Å². The number of benzene rings is 4. The van der Waals surface area contributed by atoms with Crippen LogP contribution in [0.5, 0.6) is 23.0 Å². The number of fused-ring (bicyclic) bond motifs is 3. The summed E-state index contributed by atoms with van der Waals surface area (Å²) in [6.45, 7) is 0. The third-order valence-electron chi connectivity index (χ3n) is 6.08. The molecule has 166 valence electrons. The number of anilines is 1. The molecule has 0 saturated heterocycles. The minimum atomic E-state index is 0.596. The molecule has 0 amide bonds. The third kappa shape index (κ3) is 3.06. The number of nitrogens with zero attached hydrogens (tertiary/aromatic N) is 1. The van der Waals surface area contributed by atoms with Gasteiger partial charge in [0.05, 0.1) is 45.2 Å². The molecule has 33 heavy (non-hydrogen) atoms. The summed E-state index contributed by atoms with van der Waals surface area (Å²) in [6, 6.07) is 17.9. The molecule has 6 heteroatoms. The molecular weight excluding hydrogens is 416 g/mol. The minimum absolute atomic E-state index is 0.596. The fourth-order valence-corrected chi connectivity index (χ4v) is 4.57. The van der Waals surface area contributed by atoms with Crippen molar-refractivity contribution >= 4 is 38.0 Å². The normalized spacial score (nSPS) is 11.2. The van der Waals surface area contributed by atoms with Gasteiger partial charge in [-0.05, 0) is 46.5 Å². The highest BCUT2D eigenvalue weighted by atomic mass is 16.5. The van der Waals surface area contributed by atoms with E-state index in [0.717, 1.165) is 43.6 Å². The fraction of sp³-hybridized carbons (Fsp3) is 0.148. The van der Waals surface area contributed by atoms with Crippen molar-refractivity contribution < 1.29 is 18.9 Å². The van der Waals surface area contributed by atoms with Gasteiger partial charge in [-0.3, -0.25) is 4.98 Å². The Hall–Kier alpha value is -4.19. The van der Waals surface area contributed by atoms with E-state index in [1.54, 1.807) is 34.6 Å². The highest BCUT2D eigenvalue weighted by Gasteiger charge is 2.22. The molecule has 5 rings (SSSR count). The second-order valence-electron chi connectivity index (χ2n) is 7.65. The zero-order chi connectivity index (χ0) is 23.1. The average Bonchev–Trinajstić information content (AvgIpc) is 2.87. The van der Waals surface area contributed by atoms with Crippen molar-refractivity contribution in [1.29, 1.82) is 0 Å². The maximum absolute atomic E-state index is 6.71. The summed E-state index contributed by atoms with van der Waals surface area (Å²) in [5.74, 6) is 2.53. The van der Waals surface area contributed by atoms with Crippen LogP contribution in [0.4, 0.5) is 5.69 Å². The first-order valence-corrected chi connectivity index (χ1v) is 10.5. The number of ether oxygens (including phenoxy) is 4. The predicted molar refractivity (Wildman–Crippen MR) is 133 cm³/mol. The molecule has 4 aromatic carbocycles. The van der Waals surface area contributed by atoms with E-state index in [4.69, 9.17) is 29.7 Å². The molecule has 0 aliphatic carbocycles. The first-order valence-electron chi connectivity index (χ1n) is 10.5. The lowest BCUT2D eigenvalue weighted by Crippen LogP contribution is -1.99. The van der Waals surface area contributed by atoms with E-state index in [9.17, 15) is 0 Å². The van der Waals surface area contributed by atoms with Gasteiger partial charge in [-0.1, -0.05) is 24.3 Å². The zero-order valence-electron chi connectivity index (χ0n) is 18.9. The van der Waals surface area contributed by atoms with Gasteiger partial charge in [0.2, 0.25) is 0 Å². The molecule has 0 aliphatic heterocycles. The van der Waals surface area contributed by atoms with Crippen molar-refractivity contribution in [1.82, 2.24) is 4.98 Å². The van der Waals surface area contributed by atoms with Crippen molar-refractivity contribution in [2.45, 2.75) is 0 Å². The Morgan fingerprint density at radius 1 is 0.667 bits per heavy atom. The maximum Gasteiger partial charge on any atom is 0.170 e. The Kier molecular flexibility index (Phi) is 5.05. The average molecular weight is 440 g/mol. The van der Waals surface area contributed by atoms with Crippen LogP contribution in [0.25, 0.3) is 43.6 Å². The number of pyridine rings is 1. The molecule has 5 aromatic rings. The van der Waals surface area contributed by atoms with E-state index in [-0.39, 0.29) is 0 Å². The van der Waals surface area contributed by atoms with Gasteiger partial charge in [0.1, 0.15) is 0 Å². The molecule has 0 aliphatic rings. The standard InChI is InChI=1S/C27H24N2O4/c1-30-20-10-9-18-23(16-7-5-6-8-17(16)25(28)24(18)27(20)33-4)26-19-14-22(32-3)21(31-2)13-15(19)11-12-29-26/h5-14H,28H2,1-4H3. The topological polar surface area (TPSA) is 75.8 Å². The van der Waals surface area contributed by atoms with Crippen LogP contribution in [0, 0.1) is 0 Å². The van der Waals surface area contributed by atoms with E-state index < -0.39 is 0 Å². The van der Waals surface area contributed by atoms with Crippen LogP contribution in [0.15, 0.2) is 60.8 Å². The number of nitrogens with two attached hydrogens (primary N) is 1. The van der Waals surface area contributed by atoms with E-state index in [2.05, 4.69) is 6.07 Å². The first-order chi connectivity index (χ1) is 16.1.